The lowest BCUT2D eigenvalue weighted by molar-refractivity contribution is -0.0116. The zero-order valence-corrected chi connectivity index (χ0v) is 21.2. The first-order chi connectivity index (χ1) is 17.2. The van der Waals surface area contributed by atoms with Crippen molar-refractivity contribution < 1.29 is 23.7 Å². The Hall–Kier alpha value is -2.42. The van der Waals surface area contributed by atoms with Gasteiger partial charge in [-0.15, -0.1) is 0 Å². The second-order valence-corrected chi connectivity index (χ2v) is 8.46. The molecule has 192 valence electrons. The third-order valence-corrected chi connectivity index (χ3v) is 5.64. The normalized spacial score (nSPS) is 18.2. The van der Waals surface area contributed by atoms with E-state index in [4.69, 9.17) is 23.7 Å². The van der Waals surface area contributed by atoms with E-state index in [-0.39, 0.29) is 0 Å². The Kier molecular flexibility index (Phi) is 12.6. The predicted octanol–water partition coefficient (Wildman–Crippen LogP) is 3.83. The summed E-state index contributed by atoms with van der Waals surface area (Å²) in [6, 6.07) is 17.2. The van der Waals surface area contributed by atoms with Gasteiger partial charge in [-0.3, -0.25) is 0 Å². The number of anilines is 2. The Morgan fingerprint density at radius 3 is 1.31 bits per heavy atom. The van der Waals surface area contributed by atoms with Crippen LogP contribution in [-0.4, -0.2) is 93.3 Å². The molecule has 2 aromatic carbocycles. The lowest BCUT2D eigenvalue weighted by Crippen LogP contribution is -2.31. The second kappa shape index (κ2) is 16.3. The summed E-state index contributed by atoms with van der Waals surface area (Å²) in [4.78, 5) is 4.40. The summed E-state index contributed by atoms with van der Waals surface area (Å²) in [6.07, 6.45) is 4.29. The monoisotopic (exact) mass is 484 g/mol. The minimum Gasteiger partial charge on any atom is -0.378 e. The first kappa shape index (κ1) is 27.2. The third kappa shape index (κ3) is 10.8. The molecule has 0 bridgehead atoms. The fourth-order valence-electron chi connectivity index (χ4n) is 3.57. The number of ether oxygens (including phenoxy) is 5. The largest absolute Gasteiger partial charge is 0.378 e. The van der Waals surface area contributed by atoms with Crippen molar-refractivity contribution in [3.05, 3.63) is 59.7 Å². The maximum absolute atomic E-state index is 5.78. The molecular formula is C28H40N2O5. The minimum absolute atomic E-state index is 0.570. The molecular weight excluding hydrogens is 444 g/mol. The van der Waals surface area contributed by atoms with E-state index < -0.39 is 0 Å². The highest BCUT2D eigenvalue weighted by molar-refractivity contribution is 5.71. The van der Waals surface area contributed by atoms with Gasteiger partial charge in [0.1, 0.15) is 0 Å². The van der Waals surface area contributed by atoms with Gasteiger partial charge in [0.2, 0.25) is 0 Å². The Labute approximate surface area is 210 Å². The zero-order chi connectivity index (χ0) is 24.6. The van der Waals surface area contributed by atoms with Crippen LogP contribution < -0.4 is 9.80 Å². The van der Waals surface area contributed by atoms with E-state index in [0.717, 1.165) is 24.3 Å². The lowest BCUT2D eigenvalue weighted by Gasteiger charge is -2.25. The highest BCUT2D eigenvalue weighted by Crippen LogP contribution is 2.18. The minimum atomic E-state index is 0.570. The van der Waals surface area contributed by atoms with Crippen molar-refractivity contribution in [2.24, 2.45) is 0 Å². The number of hydrogen-bond acceptors (Lipinski definition) is 7. The van der Waals surface area contributed by atoms with Crippen LogP contribution in [0.5, 0.6) is 0 Å². The van der Waals surface area contributed by atoms with Crippen LogP contribution in [0.1, 0.15) is 11.1 Å². The number of rotatable bonds is 4. The van der Waals surface area contributed by atoms with E-state index in [0.29, 0.717) is 66.1 Å². The van der Waals surface area contributed by atoms with Gasteiger partial charge in [0.05, 0.1) is 66.1 Å². The third-order valence-electron chi connectivity index (χ3n) is 5.64. The Bertz CT molecular complexity index is 821. The molecule has 0 aromatic heterocycles. The average molecular weight is 485 g/mol. The van der Waals surface area contributed by atoms with Crippen molar-refractivity contribution in [1.82, 2.24) is 0 Å². The summed E-state index contributed by atoms with van der Waals surface area (Å²) in [6.45, 7) is 7.42. The number of hydrogen-bond donors (Lipinski definition) is 0. The standard InChI is InChI=1S/C28H40N2O5/c1-29(2)27-9-5-25(6-10-27)3-4-26-7-11-28(12-8-26)30-13-15-31-17-19-33-21-23-35-24-22-34-20-18-32-16-14-30/h3-12H,13-24H2,1-2H3/b4-3+. The van der Waals surface area contributed by atoms with Crippen molar-refractivity contribution >= 4 is 23.5 Å². The topological polar surface area (TPSA) is 52.6 Å². The van der Waals surface area contributed by atoms with Gasteiger partial charge in [-0.05, 0) is 35.4 Å². The Morgan fingerprint density at radius 2 is 0.914 bits per heavy atom. The molecule has 0 N–H and O–H groups in total. The molecule has 35 heavy (non-hydrogen) atoms. The summed E-state index contributed by atoms with van der Waals surface area (Å²) in [5.41, 5.74) is 4.70. The molecule has 7 nitrogen and oxygen atoms in total. The molecule has 1 fully saturated rings. The zero-order valence-electron chi connectivity index (χ0n) is 21.2. The van der Waals surface area contributed by atoms with Crippen molar-refractivity contribution in [3.8, 4) is 0 Å². The van der Waals surface area contributed by atoms with Gasteiger partial charge in [-0.25, -0.2) is 0 Å². The van der Waals surface area contributed by atoms with Gasteiger partial charge in [-0.2, -0.15) is 0 Å². The first-order valence-electron chi connectivity index (χ1n) is 12.4. The van der Waals surface area contributed by atoms with E-state index in [1.54, 1.807) is 0 Å². The van der Waals surface area contributed by atoms with Crippen LogP contribution in [0.25, 0.3) is 12.2 Å². The average Bonchev–Trinajstić information content (AvgIpc) is 2.88. The van der Waals surface area contributed by atoms with Gasteiger partial charge < -0.3 is 33.5 Å². The molecule has 0 amide bonds. The molecule has 0 aliphatic carbocycles. The second-order valence-electron chi connectivity index (χ2n) is 8.46. The van der Waals surface area contributed by atoms with Crippen molar-refractivity contribution in [1.29, 1.82) is 0 Å². The fraction of sp³-hybridized carbons (Fsp3) is 0.500. The molecule has 1 aliphatic heterocycles. The first-order valence-corrected chi connectivity index (χ1v) is 12.4. The molecule has 0 atom stereocenters. The van der Waals surface area contributed by atoms with Gasteiger partial charge in [0.15, 0.2) is 0 Å². The van der Waals surface area contributed by atoms with E-state index in [2.05, 4.69) is 84.6 Å². The van der Waals surface area contributed by atoms with Crippen LogP contribution in [-0.2, 0) is 23.7 Å². The SMILES string of the molecule is CN(C)c1ccc(/C=C/c2ccc(N3CCOCCOCCOCCOCCOCC3)cc2)cc1. The van der Waals surface area contributed by atoms with Crippen molar-refractivity contribution in [3.63, 3.8) is 0 Å². The number of nitrogens with zero attached hydrogens (tertiary/aromatic N) is 2. The van der Waals surface area contributed by atoms with Crippen molar-refractivity contribution in [2.75, 3.05) is 103 Å². The molecule has 0 spiro atoms. The van der Waals surface area contributed by atoms with E-state index >= 15 is 0 Å². The Morgan fingerprint density at radius 1 is 0.543 bits per heavy atom. The molecule has 0 saturated carbocycles. The van der Waals surface area contributed by atoms with E-state index in [1.807, 2.05) is 0 Å². The number of benzene rings is 2. The maximum atomic E-state index is 5.78. The molecule has 0 unspecified atom stereocenters. The smallest absolute Gasteiger partial charge is 0.0701 e. The van der Waals surface area contributed by atoms with E-state index in [1.165, 1.54) is 11.3 Å². The summed E-state index contributed by atoms with van der Waals surface area (Å²) in [7, 11) is 4.10. The molecule has 7 heteroatoms. The fourth-order valence-corrected chi connectivity index (χ4v) is 3.57. The summed E-state index contributed by atoms with van der Waals surface area (Å²) in [5.74, 6) is 0. The van der Waals surface area contributed by atoms with Crippen LogP contribution in [0.4, 0.5) is 11.4 Å². The van der Waals surface area contributed by atoms with Crippen LogP contribution in [0.3, 0.4) is 0 Å². The molecule has 3 rings (SSSR count). The molecule has 1 saturated heterocycles. The highest BCUT2D eigenvalue weighted by atomic mass is 16.6. The molecule has 1 heterocycles. The van der Waals surface area contributed by atoms with Gasteiger partial charge in [-0.1, -0.05) is 36.4 Å². The Balaban J connectivity index is 1.53. The lowest BCUT2D eigenvalue weighted by atomic mass is 10.1. The molecule has 1 aliphatic rings. The molecule has 0 radical (unpaired) electrons. The quantitative estimate of drug-likeness (QED) is 0.612. The van der Waals surface area contributed by atoms with Crippen LogP contribution >= 0.6 is 0 Å². The highest BCUT2D eigenvalue weighted by Gasteiger charge is 2.07. The van der Waals surface area contributed by atoms with Crippen LogP contribution in [0, 0.1) is 0 Å². The van der Waals surface area contributed by atoms with Crippen molar-refractivity contribution in [2.45, 2.75) is 0 Å². The maximum Gasteiger partial charge on any atom is 0.0701 e. The van der Waals surface area contributed by atoms with E-state index in [9.17, 15) is 0 Å². The summed E-state index contributed by atoms with van der Waals surface area (Å²) < 4.78 is 28.1. The summed E-state index contributed by atoms with van der Waals surface area (Å²) in [5, 5.41) is 0. The van der Waals surface area contributed by atoms with Gasteiger partial charge >= 0.3 is 0 Å². The van der Waals surface area contributed by atoms with Crippen LogP contribution in [0.15, 0.2) is 48.5 Å². The van der Waals surface area contributed by atoms with Gasteiger partial charge in [0.25, 0.3) is 0 Å². The summed E-state index contributed by atoms with van der Waals surface area (Å²) >= 11 is 0. The van der Waals surface area contributed by atoms with Crippen LogP contribution in [0.2, 0.25) is 0 Å². The van der Waals surface area contributed by atoms with Gasteiger partial charge in [0, 0.05) is 38.6 Å². The predicted molar refractivity (Wildman–Crippen MR) is 142 cm³/mol. The molecule has 2 aromatic rings.